The molecule has 0 saturated carbocycles. The highest BCUT2D eigenvalue weighted by atomic mass is 35.5. The van der Waals surface area contributed by atoms with E-state index in [0.29, 0.717) is 18.9 Å². The average molecular weight is 262 g/mol. The summed E-state index contributed by atoms with van der Waals surface area (Å²) in [6, 6.07) is 7.62. The van der Waals surface area contributed by atoms with Gasteiger partial charge in [-0.1, -0.05) is 17.0 Å². The first-order valence-electron chi connectivity index (χ1n) is 5.54. The molecule has 18 heavy (non-hydrogen) atoms. The van der Waals surface area contributed by atoms with Gasteiger partial charge in [-0.05, 0) is 24.3 Å². The van der Waals surface area contributed by atoms with Crippen LogP contribution in [0.2, 0.25) is 0 Å². The van der Waals surface area contributed by atoms with Crippen LogP contribution in [0.15, 0.2) is 41.2 Å². The second-order valence-corrected chi connectivity index (χ2v) is 3.96. The second-order valence-electron chi connectivity index (χ2n) is 3.59. The van der Waals surface area contributed by atoms with Gasteiger partial charge < -0.3 is 9.26 Å². The fourth-order valence-corrected chi connectivity index (χ4v) is 1.41. The Morgan fingerprint density at radius 2 is 2.11 bits per heavy atom. The van der Waals surface area contributed by atoms with Crippen LogP contribution in [-0.2, 0) is 6.61 Å². The van der Waals surface area contributed by atoms with Gasteiger partial charge in [0.25, 0.3) is 0 Å². The SMILES string of the molecule is ClCCC#Cc1ccc(OCc2cnoc2)cc1. The van der Waals surface area contributed by atoms with Crippen molar-refractivity contribution in [2.75, 3.05) is 5.88 Å². The van der Waals surface area contributed by atoms with Gasteiger partial charge in [-0.25, -0.2) is 0 Å². The molecule has 0 fully saturated rings. The molecular weight excluding hydrogens is 250 g/mol. The molecule has 0 aliphatic rings. The number of benzene rings is 1. The molecule has 2 aromatic rings. The molecule has 0 aliphatic carbocycles. The number of ether oxygens (including phenoxy) is 1. The molecule has 0 atom stereocenters. The first-order valence-corrected chi connectivity index (χ1v) is 6.08. The van der Waals surface area contributed by atoms with Crippen LogP contribution in [0, 0.1) is 11.8 Å². The van der Waals surface area contributed by atoms with E-state index in [2.05, 4.69) is 17.0 Å². The first kappa shape index (κ1) is 12.5. The zero-order valence-electron chi connectivity index (χ0n) is 9.73. The van der Waals surface area contributed by atoms with E-state index >= 15 is 0 Å². The lowest BCUT2D eigenvalue weighted by molar-refractivity contribution is 0.304. The van der Waals surface area contributed by atoms with Crippen molar-refractivity contribution >= 4 is 11.6 Å². The lowest BCUT2D eigenvalue weighted by atomic mass is 10.2. The van der Waals surface area contributed by atoms with Crippen LogP contribution in [0.5, 0.6) is 5.75 Å². The molecule has 1 aromatic carbocycles. The normalized spacial score (nSPS) is 9.61. The van der Waals surface area contributed by atoms with Crippen molar-refractivity contribution in [3.8, 4) is 17.6 Å². The number of alkyl halides is 1. The molecule has 3 nitrogen and oxygen atoms in total. The van der Waals surface area contributed by atoms with Crippen molar-refractivity contribution < 1.29 is 9.26 Å². The Balaban J connectivity index is 1.90. The maximum absolute atomic E-state index is 5.56. The van der Waals surface area contributed by atoms with Crippen LogP contribution in [0.4, 0.5) is 0 Å². The molecule has 2 rings (SSSR count). The molecule has 0 unspecified atom stereocenters. The van der Waals surface area contributed by atoms with Crippen LogP contribution < -0.4 is 4.74 Å². The van der Waals surface area contributed by atoms with E-state index in [9.17, 15) is 0 Å². The molecular formula is C14H12ClNO2. The van der Waals surface area contributed by atoms with Gasteiger partial charge in [0, 0.05) is 23.4 Å². The van der Waals surface area contributed by atoms with E-state index in [0.717, 1.165) is 16.9 Å². The Bertz CT molecular complexity index is 523. The highest BCUT2D eigenvalue weighted by molar-refractivity contribution is 6.18. The zero-order chi connectivity index (χ0) is 12.6. The van der Waals surface area contributed by atoms with Crippen molar-refractivity contribution in [2.24, 2.45) is 0 Å². The summed E-state index contributed by atoms with van der Waals surface area (Å²) in [6.45, 7) is 0.445. The summed E-state index contributed by atoms with van der Waals surface area (Å²) in [5.41, 5.74) is 1.86. The van der Waals surface area contributed by atoms with Gasteiger partial charge in [-0.3, -0.25) is 0 Å². The van der Waals surface area contributed by atoms with Crippen LogP contribution in [0.1, 0.15) is 17.5 Å². The molecule has 92 valence electrons. The number of halogens is 1. The monoisotopic (exact) mass is 261 g/mol. The van der Waals surface area contributed by atoms with E-state index in [1.54, 1.807) is 12.5 Å². The maximum atomic E-state index is 5.56. The fourth-order valence-electron chi connectivity index (χ4n) is 1.31. The van der Waals surface area contributed by atoms with Crippen molar-refractivity contribution in [1.82, 2.24) is 5.16 Å². The number of nitrogens with zero attached hydrogens (tertiary/aromatic N) is 1. The molecule has 0 N–H and O–H groups in total. The van der Waals surface area contributed by atoms with E-state index in [-0.39, 0.29) is 0 Å². The number of rotatable bonds is 4. The Morgan fingerprint density at radius 3 is 2.78 bits per heavy atom. The third kappa shape index (κ3) is 3.83. The Labute approximate surface area is 111 Å². The minimum Gasteiger partial charge on any atom is -0.489 e. The summed E-state index contributed by atoms with van der Waals surface area (Å²) < 4.78 is 10.3. The molecule has 0 spiro atoms. The fraction of sp³-hybridized carbons (Fsp3) is 0.214. The van der Waals surface area contributed by atoms with Gasteiger partial charge in [-0.15, -0.1) is 11.6 Å². The third-order valence-corrected chi connectivity index (χ3v) is 2.38. The number of hydrogen-bond donors (Lipinski definition) is 0. The molecule has 0 aliphatic heterocycles. The molecule has 0 amide bonds. The number of hydrogen-bond acceptors (Lipinski definition) is 3. The molecule has 1 aromatic heterocycles. The standard InChI is InChI=1S/C14H12ClNO2/c15-8-2-1-3-12-4-6-14(7-5-12)17-10-13-9-16-18-11-13/h4-7,9,11H,2,8,10H2. The first-order chi connectivity index (χ1) is 8.88. The summed E-state index contributed by atoms with van der Waals surface area (Å²) in [4.78, 5) is 0. The number of aromatic nitrogens is 1. The van der Waals surface area contributed by atoms with Gasteiger partial charge >= 0.3 is 0 Å². The summed E-state index contributed by atoms with van der Waals surface area (Å²) in [5.74, 6) is 7.36. The average Bonchev–Trinajstić information content (AvgIpc) is 2.91. The van der Waals surface area contributed by atoms with Gasteiger partial charge in [-0.2, -0.15) is 0 Å². The van der Waals surface area contributed by atoms with E-state index in [1.807, 2.05) is 24.3 Å². The Hall–Kier alpha value is -1.92. The Morgan fingerprint density at radius 1 is 1.28 bits per heavy atom. The van der Waals surface area contributed by atoms with Gasteiger partial charge in [0.05, 0.1) is 6.20 Å². The molecule has 4 heteroatoms. The van der Waals surface area contributed by atoms with Crippen molar-refractivity contribution in [3.05, 3.63) is 47.9 Å². The highest BCUT2D eigenvalue weighted by Crippen LogP contribution is 2.13. The van der Waals surface area contributed by atoms with Crippen molar-refractivity contribution in [2.45, 2.75) is 13.0 Å². The lowest BCUT2D eigenvalue weighted by Gasteiger charge is -2.03. The summed E-state index contributed by atoms with van der Waals surface area (Å²) in [5, 5.41) is 3.61. The zero-order valence-corrected chi connectivity index (χ0v) is 10.5. The minimum atomic E-state index is 0.445. The van der Waals surface area contributed by atoms with Crippen molar-refractivity contribution in [3.63, 3.8) is 0 Å². The van der Waals surface area contributed by atoms with E-state index in [4.69, 9.17) is 20.9 Å². The predicted molar refractivity (Wildman–Crippen MR) is 69.5 cm³/mol. The van der Waals surface area contributed by atoms with Crippen LogP contribution >= 0.6 is 11.6 Å². The Kier molecular flexibility index (Phi) is 4.68. The van der Waals surface area contributed by atoms with Crippen LogP contribution in [0.3, 0.4) is 0 Å². The van der Waals surface area contributed by atoms with E-state index < -0.39 is 0 Å². The molecule has 1 heterocycles. The van der Waals surface area contributed by atoms with Gasteiger partial charge in [0.2, 0.25) is 0 Å². The summed E-state index contributed by atoms with van der Waals surface area (Å²) in [6.07, 6.45) is 3.89. The third-order valence-electron chi connectivity index (χ3n) is 2.20. The quantitative estimate of drug-likeness (QED) is 0.626. The largest absolute Gasteiger partial charge is 0.489 e. The highest BCUT2D eigenvalue weighted by Gasteiger charge is 1.97. The van der Waals surface area contributed by atoms with Crippen LogP contribution in [-0.4, -0.2) is 11.0 Å². The summed E-state index contributed by atoms with van der Waals surface area (Å²) >= 11 is 5.55. The predicted octanol–water partition coefficient (Wildman–Crippen LogP) is 3.23. The second kappa shape index (κ2) is 6.73. The van der Waals surface area contributed by atoms with Gasteiger partial charge in [0.1, 0.15) is 18.6 Å². The molecule has 0 bridgehead atoms. The van der Waals surface area contributed by atoms with Crippen LogP contribution in [0.25, 0.3) is 0 Å². The smallest absolute Gasteiger partial charge is 0.130 e. The van der Waals surface area contributed by atoms with E-state index in [1.165, 1.54) is 0 Å². The van der Waals surface area contributed by atoms with Gasteiger partial charge in [0.15, 0.2) is 0 Å². The lowest BCUT2D eigenvalue weighted by Crippen LogP contribution is -1.93. The summed E-state index contributed by atoms with van der Waals surface area (Å²) in [7, 11) is 0. The van der Waals surface area contributed by atoms with Crippen molar-refractivity contribution in [1.29, 1.82) is 0 Å². The minimum absolute atomic E-state index is 0.445. The topological polar surface area (TPSA) is 35.3 Å². The molecule has 0 saturated heterocycles. The maximum Gasteiger partial charge on any atom is 0.130 e. The molecule has 0 radical (unpaired) electrons.